The molecule has 0 spiro atoms. The first kappa shape index (κ1) is 18.0. The Balaban J connectivity index is 2.13. The molecule has 0 aliphatic rings. The van der Waals surface area contributed by atoms with Crippen molar-refractivity contribution in [3.63, 3.8) is 0 Å². The van der Waals surface area contributed by atoms with Crippen LogP contribution in [0.2, 0.25) is 0 Å². The maximum absolute atomic E-state index is 12.4. The first-order chi connectivity index (χ1) is 11.5. The second-order valence-electron chi connectivity index (χ2n) is 4.99. The number of rotatable bonds is 7. The van der Waals surface area contributed by atoms with E-state index < -0.39 is 10.0 Å². The number of hydrogen-bond acceptors (Lipinski definition) is 6. The molecule has 2 rings (SSSR count). The monoisotopic (exact) mass is 347 g/mol. The SMILES string of the molecule is CCN(CC)S(=O)(=O)c1ccc(N/N=C(\C)c2ccccn2)nc1. The van der Waals surface area contributed by atoms with E-state index in [2.05, 4.69) is 20.5 Å². The first-order valence-electron chi connectivity index (χ1n) is 7.67. The van der Waals surface area contributed by atoms with E-state index in [1.807, 2.05) is 25.1 Å². The zero-order valence-electron chi connectivity index (χ0n) is 14.0. The zero-order valence-corrected chi connectivity index (χ0v) is 14.8. The van der Waals surface area contributed by atoms with Crippen molar-refractivity contribution in [1.82, 2.24) is 14.3 Å². The van der Waals surface area contributed by atoms with Crippen molar-refractivity contribution in [3.8, 4) is 0 Å². The Morgan fingerprint density at radius 3 is 2.46 bits per heavy atom. The van der Waals surface area contributed by atoms with Gasteiger partial charge in [-0.05, 0) is 31.2 Å². The van der Waals surface area contributed by atoms with Crippen LogP contribution in [0.1, 0.15) is 26.5 Å². The van der Waals surface area contributed by atoms with E-state index in [0.29, 0.717) is 24.6 Å². The van der Waals surface area contributed by atoms with Gasteiger partial charge in [-0.25, -0.2) is 13.4 Å². The largest absolute Gasteiger partial charge is 0.261 e. The third kappa shape index (κ3) is 4.15. The number of anilines is 1. The number of hydrogen-bond donors (Lipinski definition) is 1. The van der Waals surface area contributed by atoms with Crippen LogP contribution in [0.3, 0.4) is 0 Å². The highest BCUT2D eigenvalue weighted by Crippen LogP contribution is 2.16. The van der Waals surface area contributed by atoms with E-state index in [4.69, 9.17) is 0 Å². The van der Waals surface area contributed by atoms with Gasteiger partial charge in [0.2, 0.25) is 10.0 Å². The lowest BCUT2D eigenvalue weighted by atomic mass is 10.3. The Bertz CT molecular complexity index is 785. The Hall–Kier alpha value is -2.32. The molecule has 0 atom stereocenters. The number of pyridine rings is 2. The van der Waals surface area contributed by atoms with Crippen LogP contribution >= 0.6 is 0 Å². The van der Waals surface area contributed by atoms with Gasteiger partial charge in [0.1, 0.15) is 10.7 Å². The fourth-order valence-corrected chi connectivity index (χ4v) is 3.49. The summed E-state index contributed by atoms with van der Waals surface area (Å²) in [5.41, 5.74) is 4.27. The summed E-state index contributed by atoms with van der Waals surface area (Å²) in [6, 6.07) is 8.68. The van der Waals surface area contributed by atoms with E-state index in [0.717, 1.165) is 5.69 Å². The third-order valence-corrected chi connectivity index (χ3v) is 5.49. The molecule has 0 bridgehead atoms. The van der Waals surface area contributed by atoms with Crippen molar-refractivity contribution < 1.29 is 8.42 Å². The molecule has 1 N–H and O–H groups in total. The molecule has 0 amide bonds. The molecular formula is C16H21N5O2S. The molecule has 7 nitrogen and oxygen atoms in total. The second kappa shape index (κ2) is 7.98. The maximum Gasteiger partial charge on any atom is 0.244 e. The van der Waals surface area contributed by atoms with Crippen LogP contribution in [0.25, 0.3) is 0 Å². The van der Waals surface area contributed by atoms with Crippen molar-refractivity contribution in [2.75, 3.05) is 18.5 Å². The molecule has 0 aliphatic carbocycles. The smallest absolute Gasteiger partial charge is 0.244 e. The maximum atomic E-state index is 12.4. The Labute approximate surface area is 142 Å². The summed E-state index contributed by atoms with van der Waals surface area (Å²) in [7, 11) is -3.49. The van der Waals surface area contributed by atoms with Crippen LogP contribution < -0.4 is 5.43 Å². The molecule has 0 fully saturated rings. The summed E-state index contributed by atoms with van der Waals surface area (Å²) in [5, 5.41) is 4.21. The zero-order chi connectivity index (χ0) is 17.6. The minimum atomic E-state index is -3.49. The quantitative estimate of drug-likeness (QED) is 0.613. The van der Waals surface area contributed by atoms with Crippen LogP contribution in [0.5, 0.6) is 0 Å². The lowest BCUT2D eigenvalue weighted by Crippen LogP contribution is -2.30. The predicted octanol–water partition coefficient (Wildman–Crippen LogP) is 2.34. The van der Waals surface area contributed by atoms with E-state index in [-0.39, 0.29) is 4.90 Å². The molecule has 2 aromatic rings. The molecule has 0 saturated heterocycles. The summed E-state index contributed by atoms with van der Waals surface area (Å²) >= 11 is 0. The normalized spacial score (nSPS) is 12.4. The summed E-state index contributed by atoms with van der Waals surface area (Å²) in [5.74, 6) is 0.462. The fraction of sp³-hybridized carbons (Fsp3) is 0.312. The third-order valence-electron chi connectivity index (χ3n) is 3.45. The van der Waals surface area contributed by atoms with Gasteiger partial charge in [0.15, 0.2) is 0 Å². The van der Waals surface area contributed by atoms with Crippen molar-refractivity contribution in [2.24, 2.45) is 5.10 Å². The minimum absolute atomic E-state index is 0.169. The van der Waals surface area contributed by atoms with Gasteiger partial charge in [-0.3, -0.25) is 10.4 Å². The molecule has 0 aromatic carbocycles. The topological polar surface area (TPSA) is 87.5 Å². The van der Waals surface area contributed by atoms with Gasteiger partial charge in [0, 0.05) is 25.5 Å². The molecule has 2 heterocycles. The van der Waals surface area contributed by atoms with E-state index in [1.54, 1.807) is 26.1 Å². The highest BCUT2D eigenvalue weighted by Gasteiger charge is 2.21. The van der Waals surface area contributed by atoms with Gasteiger partial charge in [0.25, 0.3) is 0 Å². The summed E-state index contributed by atoms with van der Waals surface area (Å²) in [4.78, 5) is 8.49. The molecule has 0 unspecified atom stereocenters. The standard InChI is InChI=1S/C16H21N5O2S/c1-4-21(5-2)24(22,23)14-9-10-16(18-12-14)20-19-13(3)15-8-6-7-11-17-15/h6-12H,4-5H2,1-3H3,(H,18,20)/b19-13+. The molecule has 0 aliphatic heterocycles. The fourth-order valence-electron chi connectivity index (χ4n) is 2.09. The summed E-state index contributed by atoms with van der Waals surface area (Å²) < 4.78 is 26.2. The van der Waals surface area contributed by atoms with Crippen molar-refractivity contribution in [2.45, 2.75) is 25.7 Å². The molecular weight excluding hydrogens is 326 g/mol. The van der Waals surface area contributed by atoms with Gasteiger partial charge in [-0.15, -0.1) is 0 Å². The highest BCUT2D eigenvalue weighted by molar-refractivity contribution is 7.89. The van der Waals surface area contributed by atoms with E-state index in [1.165, 1.54) is 16.6 Å². The molecule has 0 saturated carbocycles. The van der Waals surface area contributed by atoms with Crippen LogP contribution in [-0.4, -0.2) is 41.5 Å². The van der Waals surface area contributed by atoms with Crippen molar-refractivity contribution in [3.05, 3.63) is 48.4 Å². The number of aromatic nitrogens is 2. The van der Waals surface area contributed by atoms with Gasteiger partial charge in [-0.2, -0.15) is 9.41 Å². The lowest BCUT2D eigenvalue weighted by molar-refractivity contribution is 0.445. The van der Waals surface area contributed by atoms with E-state index in [9.17, 15) is 8.42 Å². The summed E-state index contributed by atoms with van der Waals surface area (Å²) in [6.07, 6.45) is 3.03. The van der Waals surface area contributed by atoms with Crippen LogP contribution in [0, 0.1) is 0 Å². The van der Waals surface area contributed by atoms with Crippen molar-refractivity contribution >= 4 is 21.6 Å². The van der Waals surface area contributed by atoms with Gasteiger partial charge in [-0.1, -0.05) is 19.9 Å². The Kier molecular flexibility index (Phi) is 5.99. The Morgan fingerprint density at radius 2 is 1.92 bits per heavy atom. The lowest BCUT2D eigenvalue weighted by Gasteiger charge is -2.18. The average molecular weight is 347 g/mol. The van der Waals surface area contributed by atoms with Crippen LogP contribution in [-0.2, 0) is 10.0 Å². The van der Waals surface area contributed by atoms with Crippen LogP contribution in [0.15, 0.2) is 52.7 Å². The molecule has 2 aromatic heterocycles. The van der Waals surface area contributed by atoms with Crippen molar-refractivity contribution in [1.29, 1.82) is 0 Å². The predicted molar refractivity (Wildman–Crippen MR) is 94.4 cm³/mol. The average Bonchev–Trinajstić information content (AvgIpc) is 2.61. The number of nitrogens with zero attached hydrogens (tertiary/aromatic N) is 4. The van der Waals surface area contributed by atoms with E-state index >= 15 is 0 Å². The van der Waals surface area contributed by atoms with Gasteiger partial charge >= 0.3 is 0 Å². The Morgan fingerprint density at radius 1 is 1.17 bits per heavy atom. The number of hydrazone groups is 1. The number of sulfonamides is 1. The highest BCUT2D eigenvalue weighted by atomic mass is 32.2. The first-order valence-corrected chi connectivity index (χ1v) is 9.11. The molecule has 24 heavy (non-hydrogen) atoms. The van der Waals surface area contributed by atoms with Crippen LogP contribution in [0.4, 0.5) is 5.82 Å². The molecule has 8 heteroatoms. The molecule has 128 valence electrons. The van der Waals surface area contributed by atoms with Gasteiger partial charge in [0.05, 0.1) is 11.4 Å². The van der Waals surface area contributed by atoms with Gasteiger partial charge < -0.3 is 0 Å². The number of nitrogens with one attached hydrogen (secondary N) is 1. The molecule has 0 radical (unpaired) electrons. The minimum Gasteiger partial charge on any atom is -0.261 e. The summed E-state index contributed by atoms with van der Waals surface area (Å²) in [6.45, 7) is 6.28. The second-order valence-corrected chi connectivity index (χ2v) is 6.93.